The van der Waals surface area contributed by atoms with Crippen molar-refractivity contribution in [3.63, 3.8) is 0 Å². The van der Waals surface area contributed by atoms with Crippen LogP contribution in [0.1, 0.15) is 87.6 Å². The molecule has 0 aliphatic carbocycles. The molecule has 2 aromatic heterocycles. The Kier molecular flexibility index (Phi) is 6.15. The zero-order valence-corrected chi connectivity index (χ0v) is 23.5. The van der Waals surface area contributed by atoms with Crippen LogP contribution in [-0.2, 0) is 17.6 Å². The van der Waals surface area contributed by atoms with Crippen LogP contribution >= 0.6 is 0 Å². The second-order valence-corrected chi connectivity index (χ2v) is 11.7. The maximum absolute atomic E-state index is 14.5. The molecular weight excluding hydrogens is 480 g/mol. The highest BCUT2D eigenvalue weighted by Crippen LogP contribution is 2.52. The van der Waals surface area contributed by atoms with E-state index in [4.69, 9.17) is 0 Å². The van der Waals surface area contributed by atoms with E-state index >= 15 is 0 Å². The number of rotatable bonds is 7. The number of aromatic amines is 2. The molecule has 0 spiro atoms. The molecule has 0 radical (unpaired) electrons. The van der Waals surface area contributed by atoms with Crippen molar-refractivity contribution < 1.29 is 4.79 Å². The van der Waals surface area contributed by atoms with Crippen LogP contribution < -0.4 is 0 Å². The average Bonchev–Trinajstić information content (AvgIpc) is 3.54. The Labute approximate surface area is 231 Å². The summed E-state index contributed by atoms with van der Waals surface area (Å²) in [5.41, 5.74) is 10.2. The van der Waals surface area contributed by atoms with Crippen molar-refractivity contribution in [3.05, 3.63) is 82.3 Å². The Bertz CT molecular complexity index is 1590. The number of Topliss-reactive ketones (excluding diaryl/α,β-unsaturated/α-hetero) is 1. The van der Waals surface area contributed by atoms with Gasteiger partial charge in [-0.15, -0.1) is 0 Å². The number of hydrogen-bond acceptors (Lipinski definition) is 3. The van der Waals surface area contributed by atoms with Gasteiger partial charge < -0.3 is 14.9 Å². The summed E-state index contributed by atoms with van der Waals surface area (Å²) < 4.78 is 0. The minimum Gasteiger partial charge on any atom is -0.357 e. The first kappa shape index (κ1) is 24.7. The van der Waals surface area contributed by atoms with Gasteiger partial charge in [-0.3, -0.25) is 9.69 Å². The molecule has 2 N–H and O–H groups in total. The molecular formula is C34H40N4O. The number of carbonyl (C=O) groups is 1. The largest absolute Gasteiger partial charge is 0.357 e. The molecule has 0 saturated heterocycles. The van der Waals surface area contributed by atoms with E-state index in [2.05, 4.69) is 89.1 Å². The Morgan fingerprint density at radius 1 is 0.872 bits per heavy atom. The number of H-pyrrole nitrogens is 2. The second-order valence-electron chi connectivity index (χ2n) is 11.7. The van der Waals surface area contributed by atoms with Crippen LogP contribution in [0.2, 0.25) is 0 Å². The van der Waals surface area contributed by atoms with Crippen LogP contribution in [0.5, 0.6) is 0 Å². The highest BCUT2D eigenvalue weighted by atomic mass is 16.1. The summed E-state index contributed by atoms with van der Waals surface area (Å²) >= 11 is 0. The van der Waals surface area contributed by atoms with E-state index < -0.39 is 0 Å². The van der Waals surface area contributed by atoms with Gasteiger partial charge in [0.05, 0.1) is 11.7 Å². The molecule has 7 rings (SSSR count). The third-order valence-electron chi connectivity index (χ3n) is 9.71. The van der Waals surface area contributed by atoms with Crippen LogP contribution in [0.15, 0.2) is 59.8 Å². The molecule has 0 saturated carbocycles. The molecule has 4 aromatic rings. The topological polar surface area (TPSA) is 55.1 Å². The van der Waals surface area contributed by atoms with Gasteiger partial charge in [-0.1, -0.05) is 63.6 Å². The number of carbonyl (C=O) groups excluding carboxylic acids is 1. The third kappa shape index (κ3) is 3.66. The smallest absolute Gasteiger partial charge is 0.165 e. The molecule has 0 amide bonds. The molecule has 0 bridgehead atoms. The maximum atomic E-state index is 14.5. The summed E-state index contributed by atoms with van der Waals surface area (Å²) in [5, 5.41) is 2.67. The Hall–Kier alpha value is -3.31. The van der Waals surface area contributed by atoms with E-state index in [1.165, 1.54) is 50.0 Å². The van der Waals surface area contributed by atoms with E-state index in [1.807, 2.05) is 0 Å². The predicted octanol–water partition coefficient (Wildman–Crippen LogP) is 7.57. The van der Waals surface area contributed by atoms with E-state index in [0.29, 0.717) is 5.78 Å². The van der Waals surface area contributed by atoms with Gasteiger partial charge in [0.15, 0.2) is 5.78 Å². The number of benzene rings is 2. The summed E-state index contributed by atoms with van der Waals surface area (Å²) in [5.74, 6) is 0.437. The summed E-state index contributed by atoms with van der Waals surface area (Å²) in [6.45, 7) is 8.51. The molecule has 2 aromatic carbocycles. The number of nitrogens with one attached hydrogen (secondary N) is 2. The predicted molar refractivity (Wildman–Crippen MR) is 159 cm³/mol. The van der Waals surface area contributed by atoms with Crippen molar-refractivity contribution >= 4 is 27.6 Å². The highest BCUT2D eigenvalue weighted by molar-refractivity contribution is 6.00. The van der Waals surface area contributed by atoms with E-state index in [0.717, 1.165) is 63.6 Å². The first-order valence-corrected chi connectivity index (χ1v) is 15.1. The summed E-state index contributed by atoms with van der Waals surface area (Å²) in [6.07, 6.45) is 7.09. The lowest BCUT2D eigenvalue weighted by Crippen LogP contribution is -2.54. The molecule has 3 aliphatic heterocycles. The second kappa shape index (κ2) is 9.71. The normalized spacial score (nSPS) is 20.9. The van der Waals surface area contributed by atoms with Gasteiger partial charge >= 0.3 is 0 Å². The number of ketones is 1. The lowest BCUT2D eigenvalue weighted by molar-refractivity contribution is -0.122. The zero-order chi connectivity index (χ0) is 26.7. The first-order valence-electron chi connectivity index (χ1n) is 15.1. The SMILES string of the molecule is CCCCC1=C(C(=O)C(CC)CC)[C@@H]2c3[nH]c4ccccc4c3CCN2[C@@H]2c3[nH]c4ccccc4c3CCN12. The van der Waals surface area contributed by atoms with Crippen LogP contribution in [0.4, 0.5) is 0 Å². The Morgan fingerprint density at radius 2 is 1.49 bits per heavy atom. The first-order chi connectivity index (χ1) is 19.2. The summed E-state index contributed by atoms with van der Waals surface area (Å²) in [7, 11) is 0. The van der Waals surface area contributed by atoms with Gasteiger partial charge in [-0.2, -0.15) is 0 Å². The summed E-state index contributed by atoms with van der Waals surface area (Å²) in [6, 6.07) is 17.4. The van der Waals surface area contributed by atoms with E-state index in [9.17, 15) is 4.79 Å². The highest BCUT2D eigenvalue weighted by Gasteiger charge is 2.49. The number of allylic oxidation sites excluding steroid dienone is 1. The van der Waals surface area contributed by atoms with Gasteiger partial charge in [0.2, 0.25) is 0 Å². The van der Waals surface area contributed by atoms with Crippen molar-refractivity contribution in [2.24, 2.45) is 5.92 Å². The van der Waals surface area contributed by atoms with Crippen molar-refractivity contribution in [1.82, 2.24) is 19.8 Å². The number of fused-ring (bicyclic) bond motifs is 11. The van der Waals surface area contributed by atoms with E-state index in [1.54, 1.807) is 0 Å². The van der Waals surface area contributed by atoms with Crippen molar-refractivity contribution in [1.29, 1.82) is 0 Å². The van der Waals surface area contributed by atoms with Gasteiger partial charge in [-0.05, 0) is 61.8 Å². The molecule has 39 heavy (non-hydrogen) atoms. The monoisotopic (exact) mass is 520 g/mol. The lowest BCUT2D eigenvalue weighted by atomic mass is 9.79. The fourth-order valence-corrected chi connectivity index (χ4v) is 7.77. The fraction of sp³-hybridized carbons (Fsp3) is 0.441. The minimum absolute atomic E-state index is 0.0419. The average molecular weight is 521 g/mol. The van der Waals surface area contributed by atoms with Crippen LogP contribution in [-0.4, -0.2) is 38.6 Å². The molecule has 5 nitrogen and oxygen atoms in total. The maximum Gasteiger partial charge on any atom is 0.165 e. The van der Waals surface area contributed by atoms with Gasteiger partial charge in [0.25, 0.3) is 0 Å². The van der Waals surface area contributed by atoms with Crippen LogP contribution in [0, 0.1) is 5.92 Å². The number of aromatic nitrogens is 2. The molecule has 0 unspecified atom stereocenters. The molecule has 5 heteroatoms. The van der Waals surface area contributed by atoms with Crippen LogP contribution in [0.25, 0.3) is 21.8 Å². The van der Waals surface area contributed by atoms with Gasteiger partial charge in [0.1, 0.15) is 6.17 Å². The number of nitrogens with zero attached hydrogens (tertiary/aromatic N) is 2. The van der Waals surface area contributed by atoms with E-state index in [-0.39, 0.29) is 18.1 Å². The van der Waals surface area contributed by atoms with Crippen molar-refractivity contribution in [3.8, 4) is 0 Å². The number of unbranched alkanes of at least 4 members (excludes halogenated alkanes) is 1. The standard InChI is InChI=1S/C34H40N4O/c1-4-7-16-28-29(33(39)21(5-2)6-3)32-30-24(22-12-8-10-14-26(22)35-30)18-20-38(32)34-31-25(17-19-37(28)34)23-13-9-11-15-27(23)36-31/h8-15,21,32,34-36H,4-7,16-20H2,1-3H3/t32-,34-/m1/s1. The minimum atomic E-state index is -0.0419. The fourth-order valence-electron chi connectivity index (χ4n) is 7.77. The van der Waals surface area contributed by atoms with Crippen molar-refractivity contribution in [2.45, 2.75) is 77.9 Å². The number of para-hydroxylation sites is 2. The summed E-state index contributed by atoms with van der Waals surface area (Å²) in [4.78, 5) is 27.5. The number of hydrogen-bond donors (Lipinski definition) is 2. The lowest BCUT2D eigenvalue weighted by Gasteiger charge is -2.54. The van der Waals surface area contributed by atoms with Crippen molar-refractivity contribution in [2.75, 3.05) is 13.1 Å². The molecule has 3 aliphatic rings. The Morgan fingerprint density at radius 3 is 2.15 bits per heavy atom. The molecule has 0 fully saturated rings. The van der Waals surface area contributed by atoms with Gasteiger partial charge in [0, 0.05) is 57.8 Å². The molecule has 2 atom stereocenters. The molecule has 5 heterocycles. The molecule has 202 valence electrons. The van der Waals surface area contributed by atoms with Crippen LogP contribution in [0.3, 0.4) is 0 Å². The zero-order valence-electron chi connectivity index (χ0n) is 23.5. The third-order valence-corrected chi connectivity index (χ3v) is 9.71. The quantitative estimate of drug-likeness (QED) is 0.264. The Balaban J connectivity index is 1.49. The van der Waals surface area contributed by atoms with Gasteiger partial charge in [-0.25, -0.2) is 0 Å².